The first-order chi connectivity index (χ1) is 15.1. The number of anilines is 1. The number of piperazine rings is 1. The zero-order valence-corrected chi connectivity index (χ0v) is 17.7. The van der Waals surface area contributed by atoms with Crippen molar-refractivity contribution in [2.75, 3.05) is 37.7 Å². The van der Waals surface area contributed by atoms with Crippen LogP contribution in [0, 0.1) is 0 Å². The Labute approximate surface area is 181 Å². The van der Waals surface area contributed by atoms with Crippen LogP contribution in [-0.2, 0) is 4.79 Å². The fraction of sp³-hybridized carbons (Fsp3) is 0.364. The smallest absolute Gasteiger partial charge is 0.263 e. The Kier molecular flexibility index (Phi) is 6.30. The minimum absolute atomic E-state index is 0.0184. The first kappa shape index (κ1) is 20.6. The van der Waals surface area contributed by atoms with Crippen molar-refractivity contribution in [3.05, 3.63) is 55.1 Å². The Morgan fingerprint density at radius 3 is 2.29 bits per heavy atom. The lowest BCUT2D eigenvalue weighted by atomic mass is 10.2. The van der Waals surface area contributed by atoms with Crippen LogP contribution in [0.25, 0.3) is 5.82 Å². The third-order valence-corrected chi connectivity index (χ3v) is 5.12. The number of hydrogen-bond donors (Lipinski definition) is 0. The largest absolute Gasteiger partial charge is 0.494 e. The lowest BCUT2D eigenvalue weighted by Crippen LogP contribution is -2.52. The van der Waals surface area contributed by atoms with E-state index in [1.165, 1.54) is 0 Å². The maximum Gasteiger partial charge on any atom is 0.263 e. The van der Waals surface area contributed by atoms with Gasteiger partial charge in [-0.3, -0.25) is 9.36 Å². The number of carbonyl (C=O) groups is 1. The number of carbonyl (C=O) groups excluding carboxylic acids is 1. The van der Waals surface area contributed by atoms with Gasteiger partial charge in [0.25, 0.3) is 5.91 Å². The van der Waals surface area contributed by atoms with Crippen molar-refractivity contribution in [3.63, 3.8) is 0 Å². The van der Waals surface area contributed by atoms with E-state index >= 15 is 0 Å². The van der Waals surface area contributed by atoms with Gasteiger partial charge in [-0.2, -0.15) is 0 Å². The topological polar surface area (TPSA) is 85.6 Å². The van der Waals surface area contributed by atoms with Crippen molar-refractivity contribution in [1.29, 1.82) is 0 Å². The summed E-state index contributed by atoms with van der Waals surface area (Å²) in [5, 5.41) is 8.59. The van der Waals surface area contributed by atoms with Gasteiger partial charge < -0.3 is 19.3 Å². The summed E-state index contributed by atoms with van der Waals surface area (Å²) in [4.78, 5) is 20.8. The highest BCUT2D eigenvalue weighted by molar-refractivity contribution is 5.81. The molecule has 0 N–H and O–H groups in total. The van der Waals surface area contributed by atoms with Crippen LogP contribution in [0.5, 0.6) is 11.5 Å². The van der Waals surface area contributed by atoms with Crippen LogP contribution in [0.15, 0.2) is 55.1 Å². The van der Waals surface area contributed by atoms with Crippen LogP contribution < -0.4 is 14.4 Å². The van der Waals surface area contributed by atoms with Gasteiger partial charge in [0.1, 0.15) is 17.8 Å². The van der Waals surface area contributed by atoms with Gasteiger partial charge in [0.05, 0.1) is 6.61 Å². The van der Waals surface area contributed by atoms with Gasteiger partial charge in [0.2, 0.25) is 0 Å². The van der Waals surface area contributed by atoms with Crippen LogP contribution >= 0.6 is 0 Å². The molecule has 1 fully saturated rings. The molecule has 4 rings (SSSR count). The summed E-state index contributed by atoms with van der Waals surface area (Å²) >= 11 is 0. The van der Waals surface area contributed by atoms with Gasteiger partial charge >= 0.3 is 0 Å². The third kappa shape index (κ3) is 4.93. The molecule has 2 aromatic heterocycles. The molecule has 1 saturated heterocycles. The normalized spacial score (nSPS) is 14.9. The van der Waals surface area contributed by atoms with Gasteiger partial charge in [0, 0.05) is 38.6 Å². The summed E-state index contributed by atoms with van der Waals surface area (Å²) in [6.07, 6.45) is 4.65. The molecule has 0 aliphatic carbocycles. The quantitative estimate of drug-likeness (QED) is 0.577. The first-order valence-corrected chi connectivity index (χ1v) is 10.4. The zero-order valence-electron chi connectivity index (χ0n) is 17.7. The molecule has 0 spiro atoms. The molecule has 1 aliphatic rings. The predicted molar refractivity (Wildman–Crippen MR) is 116 cm³/mol. The van der Waals surface area contributed by atoms with Crippen LogP contribution in [-0.4, -0.2) is 69.4 Å². The highest BCUT2D eigenvalue weighted by Crippen LogP contribution is 2.20. The van der Waals surface area contributed by atoms with E-state index in [4.69, 9.17) is 9.47 Å². The Morgan fingerprint density at radius 1 is 1.00 bits per heavy atom. The van der Waals surface area contributed by atoms with Gasteiger partial charge in [0.15, 0.2) is 17.7 Å². The molecule has 0 saturated carbocycles. The predicted octanol–water partition coefficient (Wildman–Crippen LogP) is 2.18. The highest BCUT2D eigenvalue weighted by Gasteiger charge is 2.26. The number of rotatable bonds is 7. The number of aromatic nitrogens is 4. The van der Waals surface area contributed by atoms with Crippen molar-refractivity contribution in [2.45, 2.75) is 20.0 Å². The number of nitrogens with zero attached hydrogens (tertiary/aromatic N) is 6. The number of ether oxygens (including phenoxy) is 2. The summed E-state index contributed by atoms with van der Waals surface area (Å²) < 4.78 is 13.1. The van der Waals surface area contributed by atoms with E-state index in [-0.39, 0.29) is 5.91 Å². The average Bonchev–Trinajstić information content (AvgIpc) is 3.35. The first-order valence-electron chi connectivity index (χ1n) is 10.4. The highest BCUT2D eigenvalue weighted by atomic mass is 16.5. The van der Waals surface area contributed by atoms with E-state index in [9.17, 15) is 4.79 Å². The van der Waals surface area contributed by atoms with Crippen molar-refractivity contribution in [3.8, 4) is 17.3 Å². The van der Waals surface area contributed by atoms with E-state index in [0.717, 1.165) is 17.4 Å². The molecule has 0 radical (unpaired) electrons. The maximum atomic E-state index is 12.8. The minimum Gasteiger partial charge on any atom is -0.494 e. The van der Waals surface area contributed by atoms with E-state index in [1.807, 2.05) is 54.4 Å². The van der Waals surface area contributed by atoms with Crippen LogP contribution in [0.1, 0.15) is 13.8 Å². The number of imidazole rings is 1. The Morgan fingerprint density at radius 2 is 1.68 bits per heavy atom. The van der Waals surface area contributed by atoms with Crippen molar-refractivity contribution in [1.82, 2.24) is 24.6 Å². The molecule has 3 heterocycles. The van der Waals surface area contributed by atoms with Crippen molar-refractivity contribution < 1.29 is 14.3 Å². The molecular formula is C22H26N6O3. The summed E-state index contributed by atoms with van der Waals surface area (Å²) in [6, 6.07) is 11.2. The lowest BCUT2D eigenvalue weighted by Gasteiger charge is -2.36. The molecule has 0 bridgehead atoms. The van der Waals surface area contributed by atoms with E-state index in [2.05, 4.69) is 20.1 Å². The molecule has 1 aromatic carbocycles. The molecule has 1 atom stereocenters. The molecular weight excluding hydrogens is 396 g/mol. The van der Waals surface area contributed by atoms with E-state index in [1.54, 1.807) is 24.0 Å². The maximum absolute atomic E-state index is 12.8. The number of benzene rings is 1. The van der Waals surface area contributed by atoms with Crippen LogP contribution in [0.3, 0.4) is 0 Å². The summed E-state index contributed by atoms with van der Waals surface area (Å²) in [5.74, 6) is 2.93. The third-order valence-electron chi connectivity index (χ3n) is 5.12. The van der Waals surface area contributed by atoms with Crippen LogP contribution in [0.4, 0.5) is 5.82 Å². The molecule has 1 aliphatic heterocycles. The Bertz CT molecular complexity index is 967. The Balaban J connectivity index is 1.29. The standard InChI is InChI=1S/C22H26N6O3/c1-3-30-18-4-6-19(7-5-18)31-17(2)22(29)27-14-12-26(13-15-27)20-8-9-21(25-24-20)28-11-10-23-16-28/h4-11,16-17H,3,12-15H2,1-2H3. The molecule has 162 valence electrons. The summed E-state index contributed by atoms with van der Waals surface area (Å²) in [5.41, 5.74) is 0. The molecule has 3 aromatic rings. The Hall–Kier alpha value is -3.62. The minimum atomic E-state index is -0.557. The fourth-order valence-electron chi connectivity index (χ4n) is 3.47. The molecule has 9 heteroatoms. The molecule has 1 unspecified atom stereocenters. The van der Waals surface area contributed by atoms with Crippen molar-refractivity contribution >= 4 is 11.7 Å². The number of hydrogen-bond acceptors (Lipinski definition) is 7. The fourth-order valence-corrected chi connectivity index (χ4v) is 3.47. The molecule has 9 nitrogen and oxygen atoms in total. The second-order valence-corrected chi connectivity index (χ2v) is 7.20. The second kappa shape index (κ2) is 9.46. The number of amides is 1. The van der Waals surface area contributed by atoms with E-state index in [0.29, 0.717) is 38.5 Å². The zero-order chi connectivity index (χ0) is 21.6. The van der Waals surface area contributed by atoms with Crippen LogP contribution in [0.2, 0.25) is 0 Å². The molecule has 1 amide bonds. The summed E-state index contributed by atoms with van der Waals surface area (Å²) in [7, 11) is 0. The lowest BCUT2D eigenvalue weighted by molar-refractivity contribution is -0.138. The van der Waals surface area contributed by atoms with Gasteiger partial charge in [-0.1, -0.05) is 0 Å². The average molecular weight is 422 g/mol. The SMILES string of the molecule is CCOc1ccc(OC(C)C(=O)N2CCN(c3ccc(-n4ccnc4)nn3)CC2)cc1. The van der Waals surface area contributed by atoms with Crippen molar-refractivity contribution in [2.24, 2.45) is 0 Å². The van der Waals surface area contributed by atoms with Gasteiger partial charge in [-0.15, -0.1) is 10.2 Å². The summed E-state index contributed by atoms with van der Waals surface area (Å²) in [6.45, 7) is 6.95. The van der Waals surface area contributed by atoms with Gasteiger partial charge in [-0.05, 0) is 50.2 Å². The molecule has 31 heavy (non-hydrogen) atoms. The van der Waals surface area contributed by atoms with E-state index < -0.39 is 6.10 Å². The monoisotopic (exact) mass is 422 g/mol. The second-order valence-electron chi connectivity index (χ2n) is 7.20. The van der Waals surface area contributed by atoms with Gasteiger partial charge in [-0.25, -0.2) is 4.98 Å².